The smallest absolute Gasteiger partial charge is 0.223 e. The molecule has 5 nitrogen and oxygen atoms in total. The number of rotatable bonds is 6. The summed E-state index contributed by atoms with van der Waals surface area (Å²) in [7, 11) is -3.48. The molecule has 1 N–H and O–H groups in total. The molecule has 0 aliphatic carbocycles. The minimum Gasteiger partial charge on any atom is -0.352 e. The Labute approximate surface area is 165 Å². The second-order valence-electron chi connectivity index (χ2n) is 7.26. The molecule has 1 amide bonds. The quantitative estimate of drug-likeness (QED) is 0.805. The highest BCUT2D eigenvalue weighted by atomic mass is 32.2. The summed E-state index contributed by atoms with van der Waals surface area (Å²) in [6, 6.07) is 13.5. The molecule has 0 saturated carbocycles. The normalized spacial score (nSPS) is 16.1. The molecule has 28 heavy (non-hydrogen) atoms. The second-order valence-corrected chi connectivity index (χ2v) is 9.23. The zero-order valence-electron chi connectivity index (χ0n) is 15.9. The summed E-state index contributed by atoms with van der Waals surface area (Å²) in [6.45, 7) is 3.14. The molecule has 2 aromatic carbocycles. The third kappa shape index (κ3) is 5.39. The molecule has 0 aromatic heterocycles. The Kier molecular flexibility index (Phi) is 6.46. The van der Waals surface area contributed by atoms with Gasteiger partial charge in [0.1, 0.15) is 5.82 Å². The van der Waals surface area contributed by atoms with E-state index in [1.54, 1.807) is 0 Å². The van der Waals surface area contributed by atoms with E-state index < -0.39 is 15.8 Å². The van der Waals surface area contributed by atoms with Gasteiger partial charge in [-0.25, -0.2) is 17.1 Å². The van der Waals surface area contributed by atoms with Crippen LogP contribution >= 0.6 is 0 Å². The first kappa shape index (κ1) is 20.5. The fourth-order valence-corrected chi connectivity index (χ4v) is 4.88. The lowest BCUT2D eigenvalue weighted by atomic mass is 9.97. The summed E-state index contributed by atoms with van der Waals surface area (Å²) in [5, 5.41) is 2.94. The Bertz CT molecular complexity index is 904. The van der Waals surface area contributed by atoms with Crippen LogP contribution in [-0.2, 0) is 27.1 Å². The maximum Gasteiger partial charge on any atom is 0.223 e. The predicted molar refractivity (Wildman–Crippen MR) is 106 cm³/mol. The van der Waals surface area contributed by atoms with Gasteiger partial charge >= 0.3 is 0 Å². The largest absolute Gasteiger partial charge is 0.352 e. The number of carbonyl (C=O) groups is 1. The van der Waals surface area contributed by atoms with Crippen LogP contribution in [0.25, 0.3) is 0 Å². The lowest BCUT2D eigenvalue weighted by Gasteiger charge is -2.30. The summed E-state index contributed by atoms with van der Waals surface area (Å²) < 4.78 is 39.6. The maximum absolute atomic E-state index is 13.0. The Balaban J connectivity index is 1.49. The first-order chi connectivity index (χ1) is 13.3. The SMILES string of the molecule is Cc1ccc(CNC(=O)C2CCN(S(=O)(=O)Cc3ccc(F)cc3)CC2)cc1. The van der Waals surface area contributed by atoms with Crippen molar-refractivity contribution in [3.05, 3.63) is 71.0 Å². The summed E-state index contributed by atoms with van der Waals surface area (Å²) in [6.07, 6.45) is 1.00. The van der Waals surface area contributed by atoms with Crippen LogP contribution in [0.3, 0.4) is 0 Å². The first-order valence-corrected chi connectivity index (χ1v) is 11.0. The number of hydrogen-bond acceptors (Lipinski definition) is 3. The molecule has 0 unspecified atom stereocenters. The van der Waals surface area contributed by atoms with Crippen LogP contribution < -0.4 is 5.32 Å². The number of sulfonamides is 1. The highest BCUT2D eigenvalue weighted by Crippen LogP contribution is 2.22. The lowest BCUT2D eigenvalue weighted by molar-refractivity contribution is -0.126. The van der Waals surface area contributed by atoms with Gasteiger partial charge in [-0.2, -0.15) is 0 Å². The highest BCUT2D eigenvalue weighted by molar-refractivity contribution is 7.88. The van der Waals surface area contributed by atoms with Crippen LogP contribution in [-0.4, -0.2) is 31.7 Å². The van der Waals surface area contributed by atoms with E-state index in [1.165, 1.54) is 34.1 Å². The average molecular weight is 405 g/mol. The Hall–Kier alpha value is -2.25. The van der Waals surface area contributed by atoms with Crippen molar-refractivity contribution in [2.45, 2.75) is 32.1 Å². The predicted octanol–water partition coefficient (Wildman–Crippen LogP) is 2.99. The molecule has 150 valence electrons. The number of nitrogens with one attached hydrogen (secondary N) is 1. The van der Waals surface area contributed by atoms with Crippen LogP contribution in [0.5, 0.6) is 0 Å². The van der Waals surface area contributed by atoms with Crippen molar-refractivity contribution in [2.24, 2.45) is 5.92 Å². The topological polar surface area (TPSA) is 66.5 Å². The summed E-state index contributed by atoms with van der Waals surface area (Å²) in [4.78, 5) is 12.4. The molecular formula is C21H25FN2O3S. The van der Waals surface area contributed by atoms with Gasteiger partial charge in [-0.3, -0.25) is 4.79 Å². The molecule has 0 spiro atoms. The van der Waals surface area contributed by atoms with E-state index in [0.717, 1.165) is 5.56 Å². The molecule has 7 heteroatoms. The van der Waals surface area contributed by atoms with E-state index in [4.69, 9.17) is 0 Å². The van der Waals surface area contributed by atoms with Crippen molar-refractivity contribution < 1.29 is 17.6 Å². The number of amides is 1. The minimum atomic E-state index is -3.48. The van der Waals surface area contributed by atoms with Crippen molar-refractivity contribution in [2.75, 3.05) is 13.1 Å². The number of piperidine rings is 1. The zero-order valence-corrected chi connectivity index (χ0v) is 16.7. The van der Waals surface area contributed by atoms with Crippen molar-refractivity contribution in [1.82, 2.24) is 9.62 Å². The standard InChI is InChI=1S/C21H25FN2O3S/c1-16-2-4-17(5-3-16)14-23-21(25)19-10-12-24(13-11-19)28(26,27)15-18-6-8-20(22)9-7-18/h2-9,19H,10-15H2,1H3,(H,23,25). The summed E-state index contributed by atoms with van der Waals surface area (Å²) >= 11 is 0. The lowest BCUT2D eigenvalue weighted by Crippen LogP contribution is -2.43. The number of carbonyl (C=O) groups excluding carboxylic acids is 1. The van der Waals surface area contributed by atoms with Crippen molar-refractivity contribution in [1.29, 1.82) is 0 Å². The third-order valence-corrected chi connectivity index (χ3v) is 6.92. The summed E-state index contributed by atoms with van der Waals surface area (Å²) in [5.74, 6) is -0.755. The fourth-order valence-electron chi connectivity index (χ4n) is 3.32. The van der Waals surface area contributed by atoms with E-state index in [9.17, 15) is 17.6 Å². The van der Waals surface area contributed by atoms with Crippen molar-refractivity contribution >= 4 is 15.9 Å². The first-order valence-electron chi connectivity index (χ1n) is 9.39. The zero-order chi connectivity index (χ0) is 20.1. The molecule has 1 heterocycles. The second kappa shape index (κ2) is 8.84. The molecule has 0 radical (unpaired) electrons. The molecule has 2 aromatic rings. The molecule has 0 atom stereocenters. The van der Waals surface area contributed by atoms with Crippen molar-refractivity contribution in [3.63, 3.8) is 0 Å². The van der Waals surface area contributed by atoms with Crippen LogP contribution in [0.2, 0.25) is 0 Å². The van der Waals surface area contributed by atoms with Crippen molar-refractivity contribution in [3.8, 4) is 0 Å². The van der Waals surface area contributed by atoms with Gasteiger partial charge in [0.05, 0.1) is 5.75 Å². The van der Waals surface area contributed by atoms with Gasteiger partial charge in [-0.1, -0.05) is 42.0 Å². The average Bonchev–Trinajstić information content (AvgIpc) is 2.69. The van der Waals surface area contributed by atoms with E-state index in [0.29, 0.717) is 38.0 Å². The van der Waals surface area contributed by atoms with Gasteiger partial charge in [0.15, 0.2) is 0 Å². The van der Waals surface area contributed by atoms with Gasteiger partial charge in [0, 0.05) is 25.6 Å². The van der Waals surface area contributed by atoms with Gasteiger partial charge in [-0.15, -0.1) is 0 Å². The van der Waals surface area contributed by atoms with Gasteiger partial charge < -0.3 is 5.32 Å². The number of nitrogens with zero attached hydrogens (tertiary/aromatic N) is 1. The van der Waals surface area contributed by atoms with Gasteiger partial charge in [-0.05, 0) is 43.0 Å². The molecule has 3 rings (SSSR count). The van der Waals surface area contributed by atoms with Crippen LogP contribution in [0.1, 0.15) is 29.5 Å². The van der Waals surface area contributed by atoms with Gasteiger partial charge in [0.2, 0.25) is 15.9 Å². The molecule has 1 aliphatic rings. The Morgan fingerprint density at radius 1 is 1.04 bits per heavy atom. The van der Waals surface area contributed by atoms with E-state index >= 15 is 0 Å². The monoisotopic (exact) mass is 404 g/mol. The highest BCUT2D eigenvalue weighted by Gasteiger charge is 2.31. The Morgan fingerprint density at radius 3 is 2.21 bits per heavy atom. The number of aryl methyl sites for hydroxylation is 1. The molecule has 1 saturated heterocycles. The Morgan fingerprint density at radius 2 is 1.61 bits per heavy atom. The minimum absolute atomic E-state index is 0.0313. The van der Waals surface area contributed by atoms with Crippen LogP contribution in [0.15, 0.2) is 48.5 Å². The van der Waals surface area contributed by atoms with E-state index in [2.05, 4.69) is 5.32 Å². The summed E-state index contributed by atoms with van der Waals surface area (Å²) in [5.41, 5.74) is 2.77. The molecule has 1 fully saturated rings. The van der Waals surface area contributed by atoms with E-state index in [1.807, 2.05) is 31.2 Å². The molecule has 1 aliphatic heterocycles. The number of halogens is 1. The number of hydrogen-bond donors (Lipinski definition) is 1. The number of benzene rings is 2. The van der Waals surface area contributed by atoms with E-state index in [-0.39, 0.29) is 17.6 Å². The van der Waals surface area contributed by atoms with Gasteiger partial charge in [0.25, 0.3) is 0 Å². The maximum atomic E-state index is 13.0. The van der Waals surface area contributed by atoms with Crippen LogP contribution in [0, 0.1) is 18.7 Å². The molecular weight excluding hydrogens is 379 g/mol. The molecule has 0 bridgehead atoms. The third-order valence-electron chi connectivity index (χ3n) is 5.07. The fraction of sp³-hybridized carbons (Fsp3) is 0.381. The van der Waals surface area contributed by atoms with Crippen LogP contribution in [0.4, 0.5) is 4.39 Å².